The predicted molar refractivity (Wildman–Crippen MR) is 121 cm³/mol. The average molecular weight is 492 g/mol. The molecule has 1 fully saturated rings. The van der Waals surface area contributed by atoms with Gasteiger partial charge in [-0.2, -0.15) is 4.31 Å². The van der Waals surface area contributed by atoms with Crippen LogP contribution in [0, 0.1) is 5.82 Å². The Bertz CT molecular complexity index is 1210. The van der Waals surface area contributed by atoms with Crippen molar-refractivity contribution in [2.45, 2.75) is 11.4 Å². The number of carbonyl (C=O) groups excluding carboxylic acids is 1. The summed E-state index contributed by atoms with van der Waals surface area (Å²) < 4.78 is 45.3. The van der Waals surface area contributed by atoms with Crippen LogP contribution in [0.25, 0.3) is 0 Å². The first-order chi connectivity index (χ1) is 15.8. The van der Waals surface area contributed by atoms with Gasteiger partial charge in [-0.05, 0) is 48.5 Å². The Morgan fingerprint density at radius 3 is 2.36 bits per heavy atom. The molecule has 3 aromatic rings. The molecule has 33 heavy (non-hydrogen) atoms. The first kappa shape index (κ1) is 23.2. The van der Waals surface area contributed by atoms with Gasteiger partial charge in [-0.15, -0.1) is 10.2 Å². The van der Waals surface area contributed by atoms with Crippen LogP contribution in [0.1, 0.15) is 14.8 Å². The maximum atomic E-state index is 13.0. The van der Waals surface area contributed by atoms with Crippen LogP contribution in [-0.2, 0) is 16.6 Å². The highest BCUT2D eigenvalue weighted by Crippen LogP contribution is 2.22. The summed E-state index contributed by atoms with van der Waals surface area (Å²) in [4.78, 5) is 14.6. The van der Waals surface area contributed by atoms with Gasteiger partial charge >= 0.3 is 0 Å². The molecule has 1 aliphatic heterocycles. The number of aromatic nitrogens is 2. The molecule has 1 aromatic heterocycles. The zero-order valence-electron chi connectivity index (χ0n) is 17.8. The van der Waals surface area contributed by atoms with Crippen LogP contribution in [0.3, 0.4) is 0 Å². The predicted octanol–water partition coefficient (Wildman–Crippen LogP) is 2.44. The van der Waals surface area contributed by atoms with E-state index in [1.54, 1.807) is 24.3 Å². The van der Waals surface area contributed by atoms with E-state index in [4.69, 9.17) is 4.74 Å². The summed E-state index contributed by atoms with van der Waals surface area (Å²) in [7, 11) is -2.04. The van der Waals surface area contributed by atoms with Crippen molar-refractivity contribution < 1.29 is 22.3 Å². The number of halogens is 1. The molecule has 0 spiro atoms. The van der Waals surface area contributed by atoms with E-state index in [2.05, 4.69) is 20.4 Å². The van der Waals surface area contributed by atoms with E-state index in [0.29, 0.717) is 49.2 Å². The minimum Gasteiger partial charge on any atom is -0.497 e. The number of benzene rings is 2. The fourth-order valence-corrected chi connectivity index (χ4v) is 5.54. The highest BCUT2D eigenvalue weighted by atomic mass is 32.2. The highest BCUT2D eigenvalue weighted by Gasteiger charge is 2.29. The van der Waals surface area contributed by atoms with Crippen LogP contribution in [0.15, 0.2) is 53.4 Å². The standard InChI is InChI=1S/C21H22FN5O4S2/c1-31-17-6-8-18(9-7-17)33(29,30)27-12-10-26(11-13-27)14-19-24-25-21(32-19)20(28)23-16-4-2-15(22)3-5-16/h2-9H,10-14H2,1H3,(H,23,28). The summed E-state index contributed by atoms with van der Waals surface area (Å²) in [6, 6.07) is 11.8. The van der Waals surface area contributed by atoms with Crippen molar-refractivity contribution in [2.75, 3.05) is 38.6 Å². The van der Waals surface area contributed by atoms with Crippen LogP contribution in [0.5, 0.6) is 5.75 Å². The van der Waals surface area contributed by atoms with Gasteiger partial charge in [0.05, 0.1) is 18.6 Å². The molecule has 1 saturated heterocycles. The monoisotopic (exact) mass is 491 g/mol. The van der Waals surface area contributed by atoms with E-state index >= 15 is 0 Å². The van der Waals surface area contributed by atoms with Gasteiger partial charge in [0.2, 0.25) is 15.0 Å². The second-order valence-corrected chi connectivity index (χ2v) is 10.3. The van der Waals surface area contributed by atoms with Gasteiger partial charge in [0, 0.05) is 31.9 Å². The largest absolute Gasteiger partial charge is 0.497 e. The van der Waals surface area contributed by atoms with E-state index in [1.165, 1.54) is 47.0 Å². The quantitative estimate of drug-likeness (QED) is 0.541. The van der Waals surface area contributed by atoms with E-state index in [9.17, 15) is 17.6 Å². The molecular weight excluding hydrogens is 469 g/mol. The lowest BCUT2D eigenvalue weighted by Gasteiger charge is -2.33. The van der Waals surface area contributed by atoms with Gasteiger partial charge in [0.25, 0.3) is 5.91 Å². The van der Waals surface area contributed by atoms with Gasteiger partial charge < -0.3 is 10.1 Å². The summed E-state index contributed by atoms with van der Waals surface area (Å²) in [6.45, 7) is 2.24. The van der Waals surface area contributed by atoms with Crippen molar-refractivity contribution in [2.24, 2.45) is 0 Å². The number of hydrogen-bond donors (Lipinski definition) is 1. The minimum absolute atomic E-state index is 0.204. The van der Waals surface area contributed by atoms with Crippen molar-refractivity contribution in [1.29, 1.82) is 0 Å². The van der Waals surface area contributed by atoms with Crippen LogP contribution in [0.2, 0.25) is 0 Å². The number of hydrogen-bond acceptors (Lipinski definition) is 8. The van der Waals surface area contributed by atoms with Gasteiger partial charge in [0.15, 0.2) is 0 Å². The number of ether oxygens (including phenoxy) is 1. The number of methoxy groups -OCH3 is 1. The SMILES string of the molecule is COc1ccc(S(=O)(=O)N2CCN(Cc3nnc(C(=O)Nc4ccc(F)cc4)s3)CC2)cc1. The first-order valence-electron chi connectivity index (χ1n) is 10.1. The second kappa shape index (κ2) is 9.91. The molecule has 1 aliphatic rings. The lowest BCUT2D eigenvalue weighted by Crippen LogP contribution is -2.48. The lowest BCUT2D eigenvalue weighted by atomic mass is 10.3. The lowest BCUT2D eigenvalue weighted by molar-refractivity contribution is 0.102. The molecule has 2 aromatic carbocycles. The van der Waals surface area contributed by atoms with Crippen LogP contribution in [0.4, 0.5) is 10.1 Å². The number of anilines is 1. The van der Waals surface area contributed by atoms with Crippen molar-refractivity contribution in [1.82, 2.24) is 19.4 Å². The summed E-state index contributed by atoms with van der Waals surface area (Å²) in [6.07, 6.45) is 0. The third-order valence-electron chi connectivity index (χ3n) is 5.15. The fraction of sp³-hybridized carbons (Fsp3) is 0.286. The van der Waals surface area contributed by atoms with E-state index in [0.717, 1.165) is 0 Å². The van der Waals surface area contributed by atoms with Crippen LogP contribution >= 0.6 is 11.3 Å². The molecule has 1 amide bonds. The second-order valence-electron chi connectivity index (χ2n) is 7.32. The molecular formula is C21H22FN5O4S2. The zero-order valence-corrected chi connectivity index (χ0v) is 19.4. The Morgan fingerprint density at radius 2 is 1.73 bits per heavy atom. The third-order valence-corrected chi connectivity index (χ3v) is 7.97. The molecule has 4 rings (SSSR count). The molecule has 0 atom stereocenters. The number of rotatable bonds is 7. The van der Waals surface area contributed by atoms with Crippen LogP contribution < -0.4 is 10.1 Å². The maximum absolute atomic E-state index is 13.0. The molecule has 9 nitrogen and oxygen atoms in total. The van der Waals surface area contributed by atoms with Gasteiger partial charge in [-0.3, -0.25) is 9.69 Å². The van der Waals surface area contributed by atoms with Gasteiger partial charge in [0.1, 0.15) is 16.6 Å². The van der Waals surface area contributed by atoms with E-state index in [1.807, 2.05) is 0 Å². The average Bonchev–Trinajstić information content (AvgIpc) is 3.29. The van der Waals surface area contributed by atoms with Crippen LogP contribution in [-0.4, -0.2) is 67.0 Å². The number of piperazine rings is 1. The first-order valence-corrected chi connectivity index (χ1v) is 12.4. The number of nitrogens with zero attached hydrogens (tertiary/aromatic N) is 4. The Labute approximate surface area is 194 Å². The molecule has 0 saturated carbocycles. The molecule has 12 heteroatoms. The zero-order chi connectivity index (χ0) is 23.4. The third kappa shape index (κ3) is 5.53. The maximum Gasteiger partial charge on any atom is 0.286 e. The summed E-state index contributed by atoms with van der Waals surface area (Å²) in [5, 5.41) is 11.5. The normalized spacial score (nSPS) is 15.3. The van der Waals surface area contributed by atoms with Crippen molar-refractivity contribution >= 4 is 33.0 Å². The fourth-order valence-electron chi connectivity index (χ4n) is 3.34. The number of sulfonamides is 1. The molecule has 2 heterocycles. The molecule has 0 aliphatic carbocycles. The topological polar surface area (TPSA) is 105 Å². The number of amides is 1. The number of carbonyl (C=O) groups is 1. The van der Waals surface area contributed by atoms with Crippen molar-refractivity contribution in [3.05, 3.63) is 64.4 Å². The molecule has 1 N–H and O–H groups in total. The Hall–Kier alpha value is -2.93. The molecule has 0 radical (unpaired) electrons. The highest BCUT2D eigenvalue weighted by molar-refractivity contribution is 7.89. The minimum atomic E-state index is -3.57. The Kier molecular flexibility index (Phi) is 6.98. The Balaban J connectivity index is 1.31. The van der Waals surface area contributed by atoms with Gasteiger partial charge in [-0.1, -0.05) is 11.3 Å². The smallest absolute Gasteiger partial charge is 0.286 e. The summed E-state index contributed by atoms with van der Waals surface area (Å²) in [5.74, 6) is -0.203. The van der Waals surface area contributed by atoms with Crippen molar-refractivity contribution in [3.8, 4) is 5.75 Å². The van der Waals surface area contributed by atoms with E-state index in [-0.39, 0.29) is 15.7 Å². The Morgan fingerprint density at radius 1 is 1.06 bits per heavy atom. The molecule has 174 valence electrons. The summed E-state index contributed by atoms with van der Waals surface area (Å²) in [5.41, 5.74) is 0.465. The number of nitrogens with one attached hydrogen (secondary N) is 1. The van der Waals surface area contributed by atoms with E-state index < -0.39 is 15.9 Å². The summed E-state index contributed by atoms with van der Waals surface area (Å²) >= 11 is 1.17. The van der Waals surface area contributed by atoms with Crippen molar-refractivity contribution in [3.63, 3.8) is 0 Å². The molecule has 0 bridgehead atoms. The van der Waals surface area contributed by atoms with Gasteiger partial charge in [-0.25, -0.2) is 12.8 Å². The molecule has 0 unspecified atom stereocenters.